The molecule has 0 saturated heterocycles. The minimum absolute atomic E-state index is 0.0764. The van der Waals surface area contributed by atoms with Crippen LogP contribution in [0.5, 0.6) is 0 Å². The standard InChI is InChI=1S/C12H17F2NO2/c1-7-5-8(10(14)6-9(7)13)12(17)11(16)3-4-15-2/h5-6,11-12,15-17H,3-4H2,1-2H3. The molecule has 0 aromatic heterocycles. The van der Waals surface area contributed by atoms with Crippen LogP contribution in [0.15, 0.2) is 12.1 Å². The smallest absolute Gasteiger partial charge is 0.132 e. The van der Waals surface area contributed by atoms with Crippen LogP contribution in [-0.4, -0.2) is 29.9 Å². The summed E-state index contributed by atoms with van der Waals surface area (Å²) in [5.41, 5.74) is 0.161. The van der Waals surface area contributed by atoms with Crippen molar-refractivity contribution in [1.29, 1.82) is 0 Å². The van der Waals surface area contributed by atoms with Crippen LogP contribution in [0.4, 0.5) is 8.78 Å². The van der Waals surface area contributed by atoms with E-state index >= 15 is 0 Å². The lowest BCUT2D eigenvalue weighted by Crippen LogP contribution is -2.24. The van der Waals surface area contributed by atoms with E-state index in [0.717, 1.165) is 6.07 Å². The van der Waals surface area contributed by atoms with Crippen molar-refractivity contribution in [3.05, 3.63) is 34.9 Å². The SMILES string of the molecule is CNCCC(O)C(O)c1cc(C)c(F)cc1F. The van der Waals surface area contributed by atoms with Gasteiger partial charge in [-0.25, -0.2) is 8.78 Å². The number of nitrogens with one attached hydrogen (secondary N) is 1. The molecule has 0 aliphatic heterocycles. The van der Waals surface area contributed by atoms with E-state index in [1.807, 2.05) is 0 Å². The van der Waals surface area contributed by atoms with Gasteiger partial charge in [-0.15, -0.1) is 0 Å². The highest BCUT2D eigenvalue weighted by atomic mass is 19.1. The monoisotopic (exact) mass is 245 g/mol. The number of hydrogen-bond donors (Lipinski definition) is 3. The van der Waals surface area contributed by atoms with Crippen LogP contribution in [0, 0.1) is 18.6 Å². The fraction of sp³-hybridized carbons (Fsp3) is 0.500. The summed E-state index contributed by atoms with van der Waals surface area (Å²) in [5.74, 6) is -1.51. The van der Waals surface area contributed by atoms with Gasteiger partial charge in [0, 0.05) is 11.6 Å². The fourth-order valence-electron chi connectivity index (χ4n) is 1.56. The van der Waals surface area contributed by atoms with Gasteiger partial charge in [0.1, 0.15) is 17.7 Å². The summed E-state index contributed by atoms with van der Waals surface area (Å²) in [7, 11) is 1.71. The molecule has 2 atom stereocenters. The molecule has 96 valence electrons. The highest BCUT2D eigenvalue weighted by Crippen LogP contribution is 2.24. The molecular formula is C12H17F2NO2. The molecule has 2 unspecified atom stereocenters. The van der Waals surface area contributed by atoms with Gasteiger partial charge < -0.3 is 15.5 Å². The summed E-state index contributed by atoms with van der Waals surface area (Å²) in [5, 5.41) is 22.2. The minimum atomic E-state index is -1.34. The molecule has 0 saturated carbocycles. The molecule has 0 spiro atoms. The Kier molecular flexibility index (Phi) is 4.99. The quantitative estimate of drug-likeness (QED) is 0.732. The third-order valence-corrected chi connectivity index (χ3v) is 2.65. The largest absolute Gasteiger partial charge is 0.390 e. The molecule has 17 heavy (non-hydrogen) atoms. The Labute approximate surface area is 99.1 Å². The van der Waals surface area contributed by atoms with Gasteiger partial charge in [0.25, 0.3) is 0 Å². The average Bonchev–Trinajstić information content (AvgIpc) is 2.29. The van der Waals surface area contributed by atoms with Crippen molar-refractivity contribution in [3.8, 4) is 0 Å². The maximum atomic E-state index is 13.4. The summed E-state index contributed by atoms with van der Waals surface area (Å²) in [6.07, 6.45) is -2.14. The van der Waals surface area contributed by atoms with Gasteiger partial charge in [0.15, 0.2) is 0 Å². The van der Waals surface area contributed by atoms with Gasteiger partial charge in [-0.2, -0.15) is 0 Å². The second-order valence-electron chi connectivity index (χ2n) is 4.03. The van der Waals surface area contributed by atoms with Crippen molar-refractivity contribution in [2.75, 3.05) is 13.6 Å². The zero-order chi connectivity index (χ0) is 13.0. The molecule has 0 fully saturated rings. The van der Waals surface area contributed by atoms with E-state index in [0.29, 0.717) is 6.54 Å². The van der Waals surface area contributed by atoms with Crippen molar-refractivity contribution < 1.29 is 19.0 Å². The molecule has 0 bridgehead atoms. The zero-order valence-corrected chi connectivity index (χ0v) is 9.87. The summed E-state index contributed by atoms with van der Waals surface area (Å²) in [6, 6.07) is 1.94. The minimum Gasteiger partial charge on any atom is -0.390 e. The maximum Gasteiger partial charge on any atom is 0.132 e. The molecule has 0 aliphatic rings. The van der Waals surface area contributed by atoms with Crippen molar-refractivity contribution in [1.82, 2.24) is 5.32 Å². The number of aliphatic hydroxyl groups excluding tert-OH is 2. The summed E-state index contributed by atoms with van der Waals surface area (Å²) in [4.78, 5) is 0. The number of aliphatic hydroxyl groups is 2. The van der Waals surface area contributed by atoms with Crippen molar-refractivity contribution in [3.63, 3.8) is 0 Å². The molecule has 1 rings (SSSR count). The number of aryl methyl sites for hydroxylation is 1. The Morgan fingerprint density at radius 3 is 2.47 bits per heavy atom. The second-order valence-corrected chi connectivity index (χ2v) is 4.03. The second kappa shape index (κ2) is 6.05. The van der Waals surface area contributed by atoms with Crippen LogP contribution in [0.25, 0.3) is 0 Å². The Bertz CT molecular complexity index is 385. The lowest BCUT2D eigenvalue weighted by atomic mass is 9.99. The average molecular weight is 245 g/mol. The molecular weight excluding hydrogens is 228 g/mol. The van der Waals surface area contributed by atoms with Crippen LogP contribution in [0.3, 0.4) is 0 Å². The molecule has 0 heterocycles. The van der Waals surface area contributed by atoms with E-state index < -0.39 is 23.8 Å². The van der Waals surface area contributed by atoms with Gasteiger partial charge in [-0.1, -0.05) is 0 Å². The Morgan fingerprint density at radius 1 is 1.24 bits per heavy atom. The molecule has 1 aromatic rings. The van der Waals surface area contributed by atoms with Gasteiger partial charge >= 0.3 is 0 Å². The summed E-state index contributed by atoms with van der Waals surface area (Å²) < 4.78 is 26.5. The topological polar surface area (TPSA) is 52.5 Å². The van der Waals surface area contributed by atoms with Crippen LogP contribution >= 0.6 is 0 Å². The number of rotatable bonds is 5. The van der Waals surface area contributed by atoms with Gasteiger partial charge in [0.2, 0.25) is 0 Å². The zero-order valence-electron chi connectivity index (χ0n) is 9.87. The molecule has 5 heteroatoms. The highest BCUT2D eigenvalue weighted by molar-refractivity contribution is 5.27. The van der Waals surface area contributed by atoms with Crippen LogP contribution < -0.4 is 5.32 Å². The lowest BCUT2D eigenvalue weighted by Gasteiger charge is -2.19. The van der Waals surface area contributed by atoms with E-state index in [4.69, 9.17) is 0 Å². The van der Waals surface area contributed by atoms with Crippen molar-refractivity contribution >= 4 is 0 Å². The highest BCUT2D eigenvalue weighted by Gasteiger charge is 2.22. The number of hydrogen-bond acceptors (Lipinski definition) is 3. The van der Waals surface area contributed by atoms with E-state index in [1.54, 1.807) is 7.05 Å². The Morgan fingerprint density at radius 2 is 1.88 bits per heavy atom. The molecule has 0 aliphatic carbocycles. The molecule has 3 N–H and O–H groups in total. The maximum absolute atomic E-state index is 13.4. The first-order chi connectivity index (χ1) is 7.97. The predicted molar refractivity (Wildman–Crippen MR) is 60.6 cm³/mol. The Balaban J connectivity index is 2.88. The van der Waals surface area contributed by atoms with Crippen molar-refractivity contribution in [2.45, 2.75) is 25.6 Å². The number of benzene rings is 1. The number of halogens is 2. The van der Waals surface area contributed by atoms with E-state index in [1.165, 1.54) is 13.0 Å². The Hall–Kier alpha value is -1.04. The summed E-state index contributed by atoms with van der Waals surface area (Å²) in [6.45, 7) is 1.98. The lowest BCUT2D eigenvalue weighted by molar-refractivity contribution is 0.0119. The third kappa shape index (κ3) is 3.46. The van der Waals surface area contributed by atoms with Gasteiger partial charge in [0.05, 0.1) is 6.10 Å². The first kappa shape index (κ1) is 14.0. The third-order valence-electron chi connectivity index (χ3n) is 2.65. The molecule has 0 radical (unpaired) electrons. The van der Waals surface area contributed by atoms with E-state index in [2.05, 4.69) is 5.32 Å². The van der Waals surface area contributed by atoms with Crippen LogP contribution in [0.1, 0.15) is 23.7 Å². The van der Waals surface area contributed by atoms with Crippen molar-refractivity contribution in [2.24, 2.45) is 0 Å². The normalized spacial score (nSPS) is 14.7. The van der Waals surface area contributed by atoms with E-state index in [-0.39, 0.29) is 17.5 Å². The molecule has 3 nitrogen and oxygen atoms in total. The van der Waals surface area contributed by atoms with E-state index in [9.17, 15) is 19.0 Å². The first-order valence-electron chi connectivity index (χ1n) is 5.43. The van der Waals surface area contributed by atoms with Crippen LogP contribution in [-0.2, 0) is 0 Å². The predicted octanol–water partition coefficient (Wildman–Crippen LogP) is 1.28. The van der Waals surface area contributed by atoms with Crippen LogP contribution in [0.2, 0.25) is 0 Å². The fourth-order valence-corrected chi connectivity index (χ4v) is 1.56. The summed E-state index contributed by atoms with van der Waals surface area (Å²) >= 11 is 0. The van der Waals surface area contributed by atoms with Gasteiger partial charge in [-0.3, -0.25) is 0 Å². The molecule has 0 amide bonds. The first-order valence-corrected chi connectivity index (χ1v) is 5.43. The van der Waals surface area contributed by atoms with Gasteiger partial charge in [-0.05, 0) is 38.6 Å². The molecule has 1 aromatic carbocycles.